The molecule has 3 nitrogen and oxygen atoms in total. The Morgan fingerprint density at radius 1 is 1.29 bits per heavy atom. The van der Waals surface area contributed by atoms with Gasteiger partial charge in [-0.15, -0.1) is 0 Å². The molecule has 0 amide bonds. The summed E-state index contributed by atoms with van der Waals surface area (Å²) in [4.78, 5) is 4.41. The number of hydrogen-bond donors (Lipinski definition) is 1. The monoisotopic (exact) mass is 229 g/mol. The van der Waals surface area contributed by atoms with Crippen LogP contribution in [0.2, 0.25) is 0 Å². The van der Waals surface area contributed by atoms with Crippen LogP contribution in [-0.2, 0) is 6.54 Å². The fourth-order valence-corrected chi connectivity index (χ4v) is 2.88. The van der Waals surface area contributed by atoms with E-state index in [-0.39, 0.29) is 0 Å². The summed E-state index contributed by atoms with van der Waals surface area (Å²) < 4.78 is 2.26. The summed E-state index contributed by atoms with van der Waals surface area (Å²) in [5.74, 6) is 0.932. The molecule has 2 aromatic rings. The maximum Gasteiger partial charge on any atom is 0.0958 e. The zero-order valence-corrected chi connectivity index (χ0v) is 10.1. The number of benzene rings is 1. The molecule has 17 heavy (non-hydrogen) atoms. The molecule has 0 unspecified atom stereocenters. The van der Waals surface area contributed by atoms with Gasteiger partial charge in [0.2, 0.25) is 0 Å². The van der Waals surface area contributed by atoms with Gasteiger partial charge in [-0.05, 0) is 30.5 Å². The van der Waals surface area contributed by atoms with Gasteiger partial charge in [0.15, 0.2) is 0 Å². The van der Waals surface area contributed by atoms with E-state index < -0.39 is 0 Å². The molecular weight excluding hydrogens is 210 g/mol. The van der Waals surface area contributed by atoms with Crippen molar-refractivity contribution < 1.29 is 0 Å². The van der Waals surface area contributed by atoms with Gasteiger partial charge in [-0.3, -0.25) is 0 Å². The summed E-state index contributed by atoms with van der Waals surface area (Å²) in [7, 11) is 0. The Labute approximate surface area is 102 Å². The van der Waals surface area contributed by atoms with Crippen molar-refractivity contribution in [1.82, 2.24) is 9.55 Å². The average Bonchev–Trinajstić information content (AvgIpc) is 2.94. The first-order chi connectivity index (χ1) is 8.33. The summed E-state index contributed by atoms with van der Waals surface area (Å²) in [6.07, 6.45) is 8.91. The Morgan fingerprint density at radius 2 is 2.12 bits per heavy atom. The van der Waals surface area contributed by atoms with Crippen LogP contribution < -0.4 is 5.73 Å². The van der Waals surface area contributed by atoms with Gasteiger partial charge in [-0.2, -0.15) is 0 Å². The van der Waals surface area contributed by atoms with E-state index >= 15 is 0 Å². The van der Waals surface area contributed by atoms with E-state index in [4.69, 9.17) is 5.73 Å². The highest BCUT2D eigenvalue weighted by Crippen LogP contribution is 2.28. The largest absolute Gasteiger partial charge is 0.399 e. The van der Waals surface area contributed by atoms with Crippen LogP contribution in [0.15, 0.2) is 24.5 Å². The van der Waals surface area contributed by atoms with Crippen molar-refractivity contribution in [1.29, 1.82) is 0 Å². The van der Waals surface area contributed by atoms with E-state index in [1.165, 1.54) is 37.6 Å². The van der Waals surface area contributed by atoms with Crippen LogP contribution in [0.25, 0.3) is 11.0 Å². The first kappa shape index (κ1) is 10.6. The Hall–Kier alpha value is -1.51. The van der Waals surface area contributed by atoms with Gasteiger partial charge in [0.25, 0.3) is 0 Å². The molecule has 1 heterocycles. The number of nitrogen functional groups attached to an aromatic ring is 1. The van der Waals surface area contributed by atoms with Gasteiger partial charge in [-0.25, -0.2) is 4.98 Å². The van der Waals surface area contributed by atoms with Crippen LogP contribution >= 0.6 is 0 Å². The number of imidazole rings is 1. The third-order valence-electron chi connectivity index (χ3n) is 3.90. The third-order valence-corrected chi connectivity index (χ3v) is 3.90. The number of anilines is 1. The van der Waals surface area contributed by atoms with Gasteiger partial charge in [0.1, 0.15) is 0 Å². The summed E-state index contributed by atoms with van der Waals surface area (Å²) in [6.45, 7) is 1.09. The lowest BCUT2D eigenvalue weighted by Crippen LogP contribution is -2.02. The molecule has 0 atom stereocenters. The Kier molecular flexibility index (Phi) is 2.75. The van der Waals surface area contributed by atoms with Crippen LogP contribution in [0, 0.1) is 5.92 Å². The van der Waals surface area contributed by atoms with Crippen molar-refractivity contribution in [2.24, 2.45) is 5.92 Å². The first-order valence-corrected chi connectivity index (χ1v) is 6.53. The zero-order valence-electron chi connectivity index (χ0n) is 10.1. The Bertz CT molecular complexity index is 509. The van der Waals surface area contributed by atoms with Gasteiger partial charge in [-0.1, -0.05) is 25.7 Å². The summed E-state index contributed by atoms with van der Waals surface area (Å²) in [5, 5.41) is 0. The molecule has 2 N–H and O–H groups in total. The van der Waals surface area contributed by atoms with E-state index in [1.807, 2.05) is 18.5 Å². The molecule has 1 aromatic carbocycles. The first-order valence-electron chi connectivity index (χ1n) is 6.53. The van der Waals surface area contributed by atoms with Crippen LogP contribution in [0.4, 0.5) is 5.69 Å². The second-order valence-corrected chi connectivity index (χ2v) is 5.13. The predicted octanol–water partition coefficient (Wildman–Crippen LogP) is 3.20. The van der Waals surface area contributed by atoms with Crippen molar-refractivity contribution >= 4 is 16.7 Å². The molecule has 0 radical (unpaired) electrons. The van der Waals surface area contributed by atoms with Crippen molar-refractivity contribution in [2.75, 3.05) is 5.73 Å². The lowest BCUT2D eigenvalue weighted by molar-refractivity contribution is 0.462. The van der Waals surface area contributed by atoms with E-state index in [9.17, 15) is 0 Å². The zero-order chi connectivity index (χ0) is 11.7. The number of nitrogens with two attached hydrogens (primary N) is 1. The molecule has 0 aliphatic heterocycles. The number of aromatic nitrogens is 2. The van der Waals surface area contributed by atoms with Crippen molar-refractivity contribution in [3.63, 3.8) is 0 Å². The van der Waals surface area contributed by atoms with Gasteiger partial charge >= 0.3 is 0 Å². The standard InChI is InChI=1S/C14H19N3/c15-12-5-6-14-13(9-12)16-10-17(14)8-7-11-3-1-2-4-11/h5-6,9-11H,1-4,7-8,15H2. The molecular formula is C14H19N3. The molecule has 1 aromatic heterocycles. The van der Waals surface area contributed by atoms with Crippen molar-refractivity contribution in [3.05, 3.63) is 24.5 Å². The molecule has 0 saturated heterocycles. The fourth-order valence-electron chi connectivity index (χ4n) is 2.88. The van der Waals surface area contributed by atoms with Crippen LogP contribution in [-0.4, -0.2) is 9.55 Å². The van der Waals surface area contributed by atoms with Gasteiger partial charge in [0, 0.05) is 12.2 Å². The molecule has 1 aliphatic carbocycles. The van der Waals surface area contributed by atoms with Crippen molar-refractivity contribution in [2.45, 2.75) is 38.6 Å². The highest BCUT2D eigenvalue weighted by atomic mass is 15.0. The fraction of sp³-hybridized carbons (Fsp3) is 0.500. The predicted molar refractivity (Wildman–Crippen MR) is 70.7 cm³/mol. The summed E-state index contributed by atoms with van der Waals surface area (Å²) in [5.41, 5.74) is 8.76. The maximum atomic E-state index is 5.76. The minimum atomic E-state index is 0.790. The average molecular weight is 229 g/mol. The summed E-state index contributed by atoms with van der Waals surface area (Å²) in [6, 6.07) is 5.98. The number of aryl methyl sites for hydroxylation is 1. The second-order valence-electron chi connectivity index (χ2n) is 5.13. The smallest absolute Gasteiger partial charge is 0.0958 e. The normalized spacial score (nSPS) is 16.9. The maximum absolute atomic E-state index is 5.76. The van der Waals surface area contributed by atoms with E-state index in [0.29, 0.717) is 0 Å². The lowest BCUT2D eigenvalue weighted by Gasteiger charge is -2.09. The Morgan fingerprint density at radius 3 is 2.94 bits per heavy atom. The SMILES string of the molecule is Nc1ccc2c(c1)ncn2CCC1CCCC1. The molecule has 90 valence electrons. The molecule has 1 aliphatic rings. The van der Waals surface area contributed by atoms with Gasteiger partial charge in [0.05, 0.1) is 17.4 Å². The highest BCUT2D eigenvalue weighted by Gasteiger charge is 2.15. The molecule has 3 heteroatoms. The quantitative estimate of drug-likeness (QED) is 0.821. The number of hydrogen-bond acceptors (Lipinski definition) is 2. The van der Waals surface area contributed by atoms with Crippen molar-refractivity contribution in [3.8, 4) is 0 Å². The van der Waals surface area contributed by atoms with Crippen LogP contribution in [0.1, 0.15) is 32.1 Å². The van der Waals surface area contributed by atoms with E-state index in [2.05, 4.69) is 15.6 Å². The third kappa shape index (κ3) is 2.14. The van der Waals surface area contributed by atoms with Crippen LogP contribution in [0.5, 0.6) is 0 Å². The minimum Gasteiger partial charge on any atom is -0.399 e. The Balaban J connectivity index is 1.76. The number of rotatable bonds is 3. The summed E-state index contributed by atoms with van der Waals surface area (Å²) >= 11 is 0. The molecule has 3 rings (SSSR count). The molecule has 0 bridgehead atoms. The molecule has 1 fully saturated rings. The topological polar surface area (TPSA) is 43.8 Å². The number of nitrogens with zero attached hydrogens (tertiary/aromatic N) is 2. The minimum absolute atomic E-state index is 0.790. The van der Waals surface area contributed by atoms with Gasteiger partial charge < -0.3 is 10.3 Å². The highest BCUT2D eigenvalue weighted by molar-refractivity contribution is 5.78. The van der Waals surface area contributed by atoms with Crippen LogP contribution in [0.3, 0.4) is 0 Å². The number of fused-ring (bicyclic) bond motifs is 1. The molecule has 0 spiro atoms. The van der Waals surface area contributed by atoms with E-state index in [1.54, 1.807) is 0 Å². The molecule has 1 saturated carbocycles. The lowest BCUT2D eigenvalue weighted by atomic mass is 10.0. The van der Waals surface area contributed by atoms with E-state index in [0.717, 1.165) is 23.7 Å². The second kappa shape index (κ2) is 4.40.